The smallest absolute Gasteiger partial charge is 0.108 e. The van der Waals surface area contributed by atoms with Crippen LogP contribution >= 0.6 is 0 Å². The maximum absolute atomic E-state index is 5.89. The first-order valence-electron chi connectivity index (χ1n) is 8.96. The lowest BCUT2D eigenvalue weighted by Gasteiger charge is -2.36. The molecule has 1 saturated carbocycles. The molecule has 1 saturated heterocycles. The summed E-state index contributed by atoms with van der Waals surface area (Å²) >= 11 is 0. The van der Waals surface area contributed by atoms with Crippen molar-refractivity contribution in [2.45, 2.75) is 65.4 Å². The molecule has 0 amide bonds. The van der Waals surface area contributed by atoms with Crippen molar-refractivity contribution >= 4 is 0 Å². The van der Waals surface area contributed by atoms with Crippen LogP contribution in [0.25, 0.3) is 0 Å². The molecule has 2 heteroatoms. The van der Waals surface area contributed by atoms with Gasteiger partial charge in [0, 0.05) is 25.6 Å². The average Bonchev–Trinajstić information content (AvgIpc) is 2.47. The summed E-state index contributed by atoms with van der Waals surface area (Å²) in [6.07, 6.45) is 8.59. The number of ether oxygens (including phenoxy) is 1. The Hall–Kier alpha value is -0.520. The standard InChI is InChI=1S/C19H33NO/c1-16(2)5-4-14-21-19-10-12-20(13-11-19)15-18-8-6-17(3)7-9-18/h16-19H,6-15H2,1-3H3. The summed E-state index contributed by atoms with van der Waals surface area (Å²) in [5, 5.41) is 0. The highest BCUT2D eigenvalue weighted by molar-refractivity contribution is 5.01. The quantitative estimate of drug-likeness (QED) is 0.727. The van der Waals surface area contributed by atoms with Crippen LogP contribution < -0.4 is 0 Å². The summed E-state index contributed by atoms with van der Waals surface area (Å²) < 4.78 is 5.89. The van der Waals surface area contributed by atoms with Crippen LogP contribution in [0.3, 0.4) is 0 Å². The fourth-order valence-electron chi connectivity index (χ4n) is 3.54. The lowest BCUT2D eigenvalue weighted by molar-refractivity contribution is 0.0187. The first-order chi connectivity index (χ1) is 10.1. The van der Waals surface area contributed by atoms with Crippen LogP contribution in [0.15, 0.2) is 0 Å². The minimum absolute atomic E-state index is 0.439. The lowest BCUT2D eigenvalue weighted by atomic mass is 9.82. The zero-order chi connectivity index (χ0) is 15.1. The number of hydrogen-bond acceptors (Lipinski definition) is 2. The van der Waals surface area contributed by atoms with Gasteiger partial charge in [0.1, 0.15) is 6.61 Å². The van der Waals surface area contributed by atoms with Crippen LogP contribution in [-0.2, 0) is 4.74 Å². The molecule has 2 rings (SSSR count). The van der Waals surface area contributed by atoms with E-state index in [2.05, 4.69) is 37.5 Å². The molecule has 0 aromatic carbocycles. The Morgan fingerprint density at radius 3 is 2.33 bits per heavy atom. The molecule has 0 bridgehead atoms. The Morgan fingerprint density at radius 1 is 1.05 bits per heavy atom. The van der Waals surface area contributed by atoms with E-state index in [1.165, 1.54) is 58.2 Å². The summed E-state index contributed by atoms with van der Waals surface area (Å²) in [5.74, 6) is 8.67. The first-order valence-corrected chi connectivity index (χ1v) is 8.96. The minimum Gasteiger partial charge on any atom is -0.365 e. The topological polar surface area (TPSA) is 12.5 Å². The van der Waals surface area contributed by atoms with Crippen molar-refractivity contribution in [3.8, 4) is 11.8 Å². The minimum atomic E-state index is 0.439. The van der Waals surface area contributed by atoms with E-state index in [0.29, 0.717) is 18.6 Å². The Bertz CT molecular complexity index is 338. The van der Waals surface area contributed by atoms with E-state index in [1.807, 2.05) is 0 Å². The number of nitrogens with zero attached hydrogens (tertiary/aromatic N) is 1. The monoisotopic (exact) mass is 291 g/mol. The maximum Gasteiger partial charge on any atom is 0.108 e. The summed E-state index contributed by atoms with van der Waals surface area (Å²) in [6, 6.07) is 0. The van der Waals surface area contributed by atoms with Crippen LogP contribution in [0, 0.1) is 29.6 Å². The van der Waals surface area contributed by atoms with Crippen LogP contribution in [0.4, 0.5) is 0 Å². The molecule has 2 aliphatic rings. The molecule has 0 unspecified atom stereocenters. The van der Waals surface area contributed by atoms with Crippen molar-refractivity contribution in [2.24, 2.45) is 17.8 Å². The van der Waals surface area contributed by atoms with Crippen LogP contribution in [0.5, 0.6) is 0 Å². The van der Waals surface area contributed by atoms with Crippen molar-refractivity contribution in [3.63, 3.8) is 0 Å². The summed E-state index contributed by atoms with van der Waals surface area (Å²) in [4.78, 5) is 2.67. The lowest BCUT2D eigenvalue weighted by Crippen LogP contribution is -2.40. The van der Waals surface area contributed by atoms with Gasteiger partial charge in [-0.15, -0.1) is 0 Å². The second-order valence-electron chi connectivity index (χ2n) is 7.41. The number of piperidine rings is 1. The van der Waals surface area contributed by atoms with E-state index in [9.17, 15) is 0 Å². The fourth-order valence-corrected chi connectivity index (χ4v) is 3.54. The van der Waals surface area contributed by atoms with Crippen LogP contribution in [0.1, 0.15) is 59.3 Å². The van der Waals surface area contributed by atoms with Crippen molar-refractivity contribution in [2.75, 3.05) is 26.2 Å². The van der Waals surface area contributed by atoms with Gasteiger partial charge in [0.05, 0.1) is 6.10 Å². The molecular weight excluding hydrogens is 258 g/mol. The van der Waals surface area contributed by atoms with Gasteiger partial charge in [-0.2, -0.15) is 0 Å². The van der Waals surface area contributed by atoms with Crippen LogP contribution in [-0.4, -0.2) is 37.2 Å². The molecular formula is C19H33NO. The third-order valence-corrected chi connectivity index (χ3v) is 4.97. The second-order valence-corrected chi connectivity index (χ2v) is 7.41. The third kappa shape index (κ3) is 6.41. The molecule has 1 aliphatic carbocycles. The van der Waals surface area contributed by atoms with Gasteiger partial charge in [-0.1, -0.05) is 45.5 Å². The fraction of sp³-hybridized carbons (Fsp3) is 0.895. The highest BCUT2D eigenvalue weighted by Crippen LogP contribution is 2.29. The molecule has 2 fully saturated rings. The van der Waals surface area contributed by atoms with E-state index in [1.54, 1.807) is 0 Å². The van der Waals surface area contributed by atoms with Gasteiger partial charge in [0.2, 0.25) is 0 Å². The molecule has 1 aliphatic heterocycles. The van der Waals surface area contributed by atoms with Crippen LogP contribution in [0.2, 0.25) is 0 Å². The molecule has 2 nitrogen and oxygen atoms in total. The van der Waals surface area contributed by atoms with Gasteiger partial charge in [-0.05, 0) is 37.5 Å². The van der Waals surface area contributed by atoms with Gasteiger partial charge < -0.3 is 9.64 Å². The Kier molecular flexibility index (Phi) is 7.07. The number of rotatable bonds is 4. The average molecular weight is 291 g/mol. The van der Waals surface area contributed by atoms with Gasteiger partial charge in [-0.3, -0.25) is 0 Å². The van der Waals surface area contributed by atoms with E-state index in [-0.39, 0.29) is 0 Å². The molecule has 1 heterocycles. The van der Waals surface area contributed by atoms with Gasteiger partial charge >= 0.3 is 0 Å². The number of likely N-dealkylation sites (tertiary alicyclic amines) is 1. The zero-order valence-electron chi connectivity index (χ0n) is 14.2. The van der Waals surface area contributed by atoms with E-state index in [4.69, 9.17) is 4.74 Å². The van der Waals surface area contributed by atoms with Crippen molar-refractivity contribution in [1.29, 1.82) is 0 Å². The zero-order valence-corrected chi connectivity index (χ0v) is 14.2. The van der Waals surface area contributed by atoms with E-state index < -0.39 is 0 Å². The second kappa shape index (κ2) is 8.81. The highest BCUT2D eigenvalue weighted by atomic mass is 16.5. The van der Waals surface area contributed by atoms with Gasteiger partial charge in [0.25, 0.3) is 0 Å². The van der Waals surface area contributed by atoms with Gasteiger partial charge in [0.15, 0.2) is 0 Å². The molecule has 0 radical (unpaired) electrons. The molecule has 0 aromatic heterocycles. The normalized spacial score (nSPS) is 28.4. The SMILES string of the molecule is CC(C)C#CCOC1CCN(CC2CCC(C)CC2)CC1. The summed E-state index contributed by atoms with van der Waals surface area (Å²) in [6.45, 7) is 11.0. The summed E-state index contributed by atoms with van der Waals surface area (Å²) in [5.41, 5.74) is 0. The predicted octanol–water partition coefficient (Wildman–Crippen LogP) is 3.95. The molecule has 0 N–H and O–H groups in total. The first kappa shape index (κ1) is 16.8. The largest absolute Gasteiger partial charge is 0.365 e. The predicted molar refractivity (Wildman–Crippen MR) is 89.2 cm³/mol. The Balaban J connectivity index is 1.59. The Morgan fingerprint density at radius 2 is 1.71 bits per heavy atom. The number of hydrogen-bond donors (Lipinski definition) is 0. The summed E-state index contributed by atoms with van der Waals surface area (Å²) in [7, 11) is 0. The van der Waals surface area contributed by atoms with E-state index in [0.717, 1.165) is 11.8 Å². The van der Waals surface area contributed by atoms with E-state index >= 15 is 0 Å². The van der Waals surface area contributed by atoms with Crippen molar-refractivity contribution in [3.05, 3.63) is 0 Å². The molecule has 120 valence electrons. The molecule has 0 spiro atoms. The van der Waals surface area contributed by atoms with Crippen molar-refractivity contribution in [1.82, 2.24) is 4.90 Å². The van der Waals surface area contributed by atoms with Gasteiger partial charge in [-0.25, -0.2) is 0 Å². The Labute approximate surface area is 131 Å². The third-order valence-electron chi connectivity index (χ3n) is 4.97. The molecule has 0 atom stereocenters. The van der Waals surface area contributed by atoms with Crippen molar-refractivity contribution < 1.29 is 4.74 Å². The highest BCUT2D eigenvalue weighted by Gasteiger charge is 2.24. The molecule has 0 aromatic rings. The molecule has 21 heavy (non-hydrogen) atoms. The maximum atomic E-state index is 5.89.